The van der Waals surface area contributed by atoms with Crippen LogP contribution >= 0.6 is 0 Å². The molecule has 2 rings (SSSR count). The molecule has 1 aromatic heterocycles. The van der Waals surface area contributed by atoms with Crippen LogP contribution in [0.4, 0.5) is 0 Å². The Morgan fingerprint density at radius 3 is 3.19 bits per heavy atom. The van der Waals surface area contributed by atoms with Gasteiger partial charge in [0.1, 0.15) is 19.2 Å². The number of hydrogen-bond donors (Lipinski definition) is 1. The van der Waals surface area contributed by atoms with E-state index in [1.807, 2.05) is 11.9 Å². The molecule has 1 N–H and O–H groups in total. The number of carbonyl (C=O) groups is 1. The van der Waals surface area contributed by atoms with E-state index in [9.17, 15) is 4.79 Å². The third kappa shape index (κ3) is 2.57. The number of hydrogen-bond acceptors (Lipinski definition) is 4. The van der Waals surface area contributed by atoms with Crippen LogP contribution in [0, 0.1) is 0 Å². The fourth-order valence-corrected chi connectivity index (χ4v) is 1.99. The van der Waals surface area contributed by atoms with Crippen molar-refractivity contribution in [1.29, 1.82) is 0 Å². The minimum Gasteiger partial charge on any atom is -0.340 e. The van der Waals surface area contributed by atoms with Crippen molar-refractivity contribution in [1.82, 2.24) is 25.0 Å². The van der Waals surface area contributed by atoms with Gasteiger partial charge in [0, 0.05) is 19.1 Å². The van der Waals surface area contributed by atoms with Crippen LogP contribution in [0.3, 0.4) is 0 Å². The van der Waals surface area contributed by atoms with Gasteiger partial charge >= 0.3 is 0 Å². The highest BCUT2D eigenvalue weighted by Crippen LogP contribution is 2.10. The summed E-state index contributed by atoms with van der Waals surface area (Å²) in [6, 6.07) is 0.424. The van der Waals surface area contributed by atoms with Gasteiger partial charge in [-0.15, -0.1) is 0 Å². The maximum Gasteiger partial charge on any atom is 0.244 e. The summed E-state index contributed by atoms with van der Waals surface area (Å²) in [7, 11) is 1.94. The predicted octanol–water partition coefficient (Wildman–Crippen LogP) is -0.512. The van der Waals surface area contributed by atoms with Crippen LogP contribution in [0.15, 0.2) is 12.7 Å². The van der Waals surface area contributed by atoms with E-state index in [1.54, 1.807) is 11.0 Å². The standard InChI is InChI=1S/C10H17N5O/c1-11-9-3-2-4-14(5-9)10(16)6-15-8-12-7-13-15/h7-9,11H,2-6H2,1H3. The molecule has 1 saturated heterocycles. The lowest BCUT2D eigenvalue weighted by molar-refractivity contribution is -0.133. The zero-order chi connectivity index (χ0) is 11.4. The van der Waals surface area contributed by atoms with Crippen molar-refractivity contribution in [2.75, 3.05) is 20.1 Å². The molecule has 0 aliphatic carbocycles. The Morgan fingerprint density at radius 2 is 2.50 bits per heavy atom. The van der Waals surface area contributed by atoms with Crippen LogP contribution in [-0.2, 0) is 11.3 Å². The van der Waals surface area contributed by atoms with Crippen LogP contribution in [0.5, 0.6) is 0 Å². The van der Waals surface area contributed by atoms with Crippen molar-refractivity contribution < 1.29 is 4.79 Å². The molecular weight excluding hydrogens is 206 g/mol. The SMILES string of the molecule is CNC1CCCN(C(=O)Cn2cncn2)C1. The van der Waals surface area contributed by atoms with Crippen LogP contribution in [0.1, 0.15) is 12.8 Å². The van der Waals surface area contributed by atoms with Gasteiger partial charge in [-0.25, -0.2) is 9.67 Å². The Bertz CT molecular complexity index is 337. The largest absolute Gasteiger partial charge is 0.340 e. The molecule has 1 amide bonds. The molecule has 1 aliphatic rings. The quantitative estimate of drug-likeness (QED) is 0.749. The second-order valence-electron chi connectivity index (χ2n) is 4.06. The van der Waals surface area contributed by atoms with Crippen molar-refractivity contribution >= 4 is 5.91 Å². The van der Waals surface area contributed by atoms with Crippen LogP contribution in [0.2, 0.25) is 0 Å². The average molecular weight is 223 g/mol. The number of piperidine rings is 1. The van der Waals surface area contributed by atoms with Gasteiger partial charge in [0.15, 0.2) is 0 Å². The normalized spacial score (nSPS) is 21.1. The third-order valence-corrected chi connectivity index (χ3v) is 2.95. The molecule has 0 saturated carbocycles. The van der Waals surface area contributed by atoms with Crippen molar-refractivity contribution in [2.24, 2.45) is 0 Å². The molecule has 6 heteroatoms. The lowest BCUT2D eigenvalue weighted by atomic mass is 10.1. The van der Waals surface area contributed by atoms with E-state index in [-0.39, 0.29) is 12.5 Å². The number of likely N-dealkylation sites (N-methyl/N-ethyl adjacent to an activating group) is 1. The van der Waals surface area contributed by atoms with Gasteiger partial charge in [0.25, 0.3) is 0 Å². The number of amides is 1. The predicted molar refractivity (Wildman–Crippen MR) is 58.7 cm³/mol. The van der Waals surface area contributed by atoms with E-state index in [0.29, 0.717) is 6.04 Å². The number of likely N-dealkylation sites (tertiary alicyclic amines) is 1. The first kappa shape index (κ1) is 11.1. The molecule has 2 heterocycles. The molecule has 1 atom stereocenters. The lowest BCUT2D eigenvalue weighted by Gasteiger charge is -2.32. The van der Waals surface area contributed by atoms with E-state index in [2.05, 4.69) is 15.4 Å². The fraction of sp³-hybridized carbons (Fsp3) is 0.700. The maximum absolute atomic E-state index is 11.9. The number of nitrogens with one attached hydrogen (secondary N) is 1. The van der Waals surface area contributed by atoms with Crippen molar-refractivity contribution in [3.05, 3.63) is 12.7 Å². The Labute approximate surface area is 94.6 Å². The second kappa shape index (κ2) is 5.07. The molecule has 0 radical (unpaired) electrons. The minimum atomic E-state index is 0.116. The summed E-state index contributed by atoms with van der Waals surface area (Å²) in [6.45, 7) is 1.94. The van der Waals surface area contributed by atoms with Gasteiger partial charge in [-0.3, -0.25) is 4.79 Å². The van der Waals surface area contributed by atoms with E-state index < -0.39 is 0 Å². The lowest BCUT2D eigenvalue weighted by Crippen LogP contribution is -2.47. The molecule has 16 heavy (non-hydrogen) atoms. The zero-order valence-electron chi connectivity index (χ0n) is 9.46. The van der Waals surface area contributed by atoms with E-state index >= 15 is 0 Å². The molecule has 1 fully saturated rings. The topological polar surface area (TPSA) is 63.1 Å². The summed E-state index contributed by atoms with van der Waals surface area (Å²) in [6.07, 6.45) is 5.22. The molecule has 1 aliphatic heterocycles. The average Bonchev–Trinajstić information content (AvgIpc) is 2.82. The van der Waals surface area contributed by atoms with Crippen molar-refractivity contribution in [3.63, 3.8) is 0 Å². The van der Waals surface area contributed by atoms with Crippen LogP contribution in [-0.4, -0.2) is 51.8 Å². The summed E-state index contributed by atoms with van der Waals surface area (Å²) >= 11 is 0. The van der Waals surface area contributed by atoms with Gasteiger partial charge in [0.2, 0.25) is 5.91 Å². The zero-order valence-corrected chi connectivity index (χ0v) is 9.46. The molecule has 0 bridgehead atoms. The van der Waals surface area contributed by atoms with Gasteiger partial charge in [-0.05, 0) is 19.9 Å². The Morgan fingerprint density at radius 1 is 1.62 bits per heavy atom. The van der Waals surface area contributed by atoms with Crippen LogP contribution < -0.4 is 5.32 Å². The number of rotatable bonds is 3. The highest BCUT2D eigenvalue weighted by molar-refractivity contribution is 5.76. The first-order valence-electron chi connectivity index (χ1n) is 5.57. The van der Waals surface area contributed by atoms with Crippen LogP contribution in [0.25, 0.3) is 0 Å². The third-order valence-electron chi connectivity index (χ3n) is 2.95. The van der Waals surface area contributed by atoms with Gasteiger partial charge in [-0.2, -0.15) is 5.10 Å². The summed E-state index contributed by atoms with van der Waals surface area (Å²) in [5.74, 6) is 0.116. The summed E-state index contributed by atoms with van der Waals surface area (Å²) in [5.41, 5.74) is 0. The summed E-state index contributed by atoms with van der Waals surface area (Å²) in [4.78, 5) is 17.7. The number of aromatic nitrogens is 3. The van der Waals surface area contributed by atoms with E-state index in [4.69, 9.17) is 0 Å². The minimum absolute atomic E-state index is 0.116. The van der Waals surface area contributed by atoms with E-state index in [0.717, 1.165) is 25.9 Å². The monoisotopic (exact) mass is 223 g/mol. The van der Waals surface area contributed by atoms with Crippen molar-refractivity contribution in [3.8, 4) is 0 Å². The highest BCUT2D eigenvalue weighted by atomic mass is 16.2. The second-order valence-corrected chi connectivity index (χ2v) is 4.06. The Balaban J connectivity index is 1.89. The first-order chi connectivity index (χ1) is 7.79. The molecule has 88 valence electrons. The smallest absolute Gasteiger partial charge is 0.244 e. The number of carbonyl (C=O) groups excluding carboxylic acids is 1. The molecule has 0 aromatic carbocycles. The van der Waals surface area contributed by atoms with Crippen molar-refractivity contribution in [2.45, 2.75) is 25.4 Å². The summed E-state index contributed by atoms with van der Waals surface area (Å²) in [5, 5.41) is 7.15. The Hall–Kier alpha value is -1.43. The van der Waals surface area contributed by atoms with Gasteiger partial charge in [-0.1, -0.05) is 0 Å². The van der Waals surface area contributed by atoms with Gasteiger partial charge in [0.05, 0.1) is 0 Å². The van der Waals surface area contributed by atoms with E-state index in [1.165, 1.54) is 6.33 Å². The highest BCUT2D eigenvalue weighted by Gasteiger charge is 2.22. The van der Waals surface area contributed by atoms with Gasteiger partial charge < -0.3 is 10.2 Å². The summed E-state index contributed by atoms with van der Waals surface area (Å²) < 4.78 is 1.56. The fourth-order valence-electron chi connectivity index (χ4n) is 1.99. The molecular formula is C10H17N5O. The molecule has 0 spiro atoms. The first-order valence-corrected chi connectivity index (χ1v) is 5.57. The molecule has 1 aromatic rings. The maximum atomic E-state index is 11.9. The molecule has 6 nitrogen and oxygen atoms in total. The Kier molecular flexibility index (Phi) is 3.51. The molecule has 1 unspecified atom stereocenters. The number of nitrogens with zero attached hydrogens (tertiary/aromatic N) is 4.